The van der Waals surface area contributed by atoms with Crippen molar-refractivity contribution in [2.24, 2.45) is 11.3 Å². The van der Waals surface area contributed by atoms with Crippen LogP contribution in [0.1, 0.15) is 51.2 Å². The molecule has 0 aromatic heterocycles. The molecule has 2 aromatic rings. The van der Waals surface area contributed by atoms with Crippen LogP contribution in [0.3, 0.4) is 0 Å². The first-order valence-corrected chi connectivity index (χ1v) is 11.7. The molecule has 2 N–H and O–H groups in total. The summed E-state index contributed by atoms with van der Waals surface area (Å²) in [5.74, 6) is 1.23. The van der Waals surface area contributed by atoms with E-state index in [4.69, 9.17) is 14.2 Å². The highest BCUT2D eigenvalue weighted by molar-refractivity contribution is 5.44. The van der Waals surface area contributed by atoms with Crippen LogP contribution in [0, 0.1) is 11.3 Å². The normalized spacial score (nSPS) is 27.2. The Hall–Kier alpha value is -2.08. The molecule has 0 radical (unpaired) electrons. The van der Waals surface area contributed by atoms with Gasteiger partial charge in [-0.25, -0.2) is 0 Å². The number of ether oxygens (including phenoxy) is 3. The minimum atomic E-state index is -0.0669. The van der Waals surface area contributed by atoms with E-state index < -0.39 is 0 Å². The molecule has 1 aliphatic carbocycles. The number of phenolic OH excluding ortho intramolecular Hbond substituents is 2. The highest BCUT2D eigenvalue weighted by atomic mass is 16.6. The van der Waals surface area contributed by atoms with Crippen LogP contribution in [0.25, 0.3) is 0 Å². The van der Waals surface area contributed by atoms with E-state index in [1.54, 1.807) is 24.3 Å². The van der Waals surface area contributed by atoms with Crippen LogP contribution in [0.4, 0.5) is 0 Å². The maximum atomic E-state index is 9.67. The van der Waals surface area contributed by atoms with E-state index in [-0.39, 0.29) is 10.8 Å². The minimum absolute atomic E-state index is 0.0669. The largest absolute Gasteiger partial charge is 0.508 e. The summed E-state index contributed by atoms with van der Waals surface area (Å²) in [5.41, 5.74) is 2.69. The lowest BCUT2D eigenvalue weighted by Gasteiger charge is -2.48. The number of phenols is 2. The molecule has 32 heavy (non-hydrogen) atoms. The molecular weight excluding hydrogens is 404 g/mol. The highest BCUT2D eigenvalue weighted by Crippen LogP contribution is 2.53. The van der Waals surface area contributed by atoms with E-state index in [0.29, 0.717) is 29.6 Å². The molecule has 0 spiro atoms. The number of aromatic hydroxyl groups is 2. The third-order valence-corrected chi connectivity index (χ3v) is 6.63. The SMILES string of the molecule is C(OCC1CO1)C1CO1.CC1CC(C)(C)CC(c2ccc(O)cc2)(c2ccc(O)cc2)C1. The van der Waals surface area contributed by atoms with Crippen molar-refractivity contribution in [3.63, 3.8) is 0 Å². The summed E-state index contributed by atoms with van der Waals surface area (Å²) in [5, 5.41) is 19.3. The van der Waals surface area contributed by atoms with Crippen LogP contribution in [0.15, 0.2) is 48.5 Å². The average Bonchev–Trinajstić information content (AvgIpc) is 3.64. The average molecular weight is 441 g/mol. The molecule has 0 amide bonds. The minimum Gasteiger partial charge on any atom is -0.508 e. The van der Waals surface area contributed by atoms with Crippen LogP contribution in [0.2, 0.25) is 0 Å². The van der Waals surface area contributed by atoms with Gasteiger partial charge in [0.25, 0.3) is 0 Å². The lowest BCUT2D eigenvalue weighted by atomic mass is 9.55. The Balaban J connectivity index is 0.000000225. The van der Waals surface area contributed by atoms with Crippen molar-refractivity contribution in [3.8, 4) is 11.5 Å². The summed E-state index contributed by atoms with van der Waals surface area (Å²) in [6, 6.07) is 15.3. The predicted molar refractivity (Wildman–Crippen MR) is 124 cm³/mol. The van der Waals surface area contributed by atoms with E-state index in [9.17, 15) is 10.2 Å². The van der Waals surface area contributed by atoms with Crippen molar-refractivity contribution in [1.29, 1.82) is 0 Å². The zero-order valence-electron chi connectivity index (χ0n) is 19.4. The van der Waals surface area contributed by atoms with Gasteiger partial charge in [0.1, 0.15) is 23.7 Å². The maximum absolute atomic E-state index is 9.67. The summed E-state index contributed by atoms with van der Waals surface area (Å²) >= 11 is 0. The first kappa shape index (κ1) is 23.1. The van der Waals surface area contributed by atoms with Gasteiger partial charge in [0, 0.05) is 5.41 Å². The Morgan fingerprint density at radius 3 is 1.62 bits per heavy atom. The summed E-state index contributed by atoms with van der Waals surface area (Å²) in [7, 11) is 0. The fraction of sp³-hybridized carbons (Fsp3) is 0.556. The molecule has 2 aromatic carbocycles. The number of hydrogen-bond donors (Lipinski definition) is 2. The third-order valence-electron chi connectivity index (χ3n) is 6.63. The fourth-order valence-corrected chi connectivity index (χ4v) is 5.40. The number of hydrogen-bond acceptors (Lipinski definition) is 5. The Bertz CT molecular complexity index is 808. The summed E-state index contributed by atoms with van der Waals surface area (Å²) in [6.45, 7) is 10.3. The van der Waals surface area contributed by atoms with Gasteiger partial charge in [-0.05, 0) is 66.0 Å². The number of benzene rings is 2. The van der Waals surface area contributed by atoms with Gasteiger partial charge in [0.2, 0.25) is 0 Å². The Morgan fingerprint density at radius 1 is 0.812 bits per heavy atom. The van der Waals surface area contributed by atoms with Gasteiger partial charge >= 0.3 is 0 Å². The molecule has 2 aliphatic heterocycles. The quantitative estimate of drug-likeness (QED) is 0.616. The topological polar surface area (TPSA) is 74.8 Å². The van der Waals surface area contributed by atoms with Crippen molar-refractivity contribution < 1.29 is 24.4 Å². The molecule has 2 saturated heterocycles. The van der Waals surface area contributed by atoms with Crippen molar-refractivity contribution >= 4 is 0 Å². The molecule has 5 nitrogen and oxygen atoms in total. The van der Waals surface area contributed by atoms with Gasteiger partial charge in [-0.15, -0.1) is 0 Å². The first-order chi connectivity index (χ1) is 15.3. The zero-order chi connectivity index (χ0) is 22.8. The van der Waals surface area contributed by atoms with Crippen LogP contribution < -0.4 is 0 Å². The Morgan fingerprint density at radius 2 is 1.25 bits per heavy atom. The third kappa shape index (κ3) is 6.03. The van der Waals surface area contributed by atoms with Gasteiger partial charge in [-0.2, -0.15) is 0 Å². The molecule has 5 rings (SSSR count). The zero-order valence-corrected chi connectivity index (χ0v) is 19.4. The Labute approximate surface area is 191 Å². The monoisotopic (exact) mass is 440 g/mol. The van der Waals surface area contributed by atoms with E-state index in [2.05, 4.69) is 45.0 Å². The summed E-state index contributed by atoms with van der Waals surface area (Å²) in [6.07, 6.45) is 4.17. The van der Waals surface area contributed by atoms with Gasteiger partial charge in [0.05, 0.1) is 26.4 Å². The second kappa shape index (κ2) is 9.42. The lowest BCUT2D eigenvalue weighted by Crippen LogP contribution is -2.41. The van der Waals surface area contributed by atoms with Gasteiger partial charge in [-0.1, -0.05) is 45.0 Å². The molecule has 3 fully saturated rings. The van der Waals surface area contributed by atoms with Gasteiger partial charge < -0.3 is 24.4 Å². The van der Waals surface area contributed by atoms with Crippen LogP contribution in [0.5, 0.6) is 11.5 Å². The van der Waals surface area contributed by atoms with Crippen molar-refractivity contribution in [1.82, 2.24) is 0 Å². The molecule has 3 unspecified atom stereocenters. The van der Waals surface area contributed by atoms with E-state index in [0.717, 1.165) is 39.3 Å². The van der Waals surface area contributed by atoms with E-state index in [1.165, 1.54) is 17.5 Å². The van der Waals surface area contributed by atoms with Gasteiger partial charge in [-0.3, -0.25) is 0 Å². The molecule has 3 atom stereocenters. The predicted octanol–water partition coefficient (Wildman–Crippen LogP) is 5.03. The highest BCUT2D eigenvalue weighted by Gasteiger charge is 2.45. The standard InChI is InChI=1S/C21H26O2.C6H10O3/c1-15-12-20(2,3)14-21(13-15,16-4-8-18(22)9-5-16)17-6-10-19(23)11-7-17;1(5-3-8-5)7-2-6-4-9-6/h4-11,15,22-23H,12-14H2,1-3H3;5-6H,1-4H2. The molecule has 3 aliphatic rings. The molecular formula is C27H36O5. The van der Waals surface area contributed by atoms with E-state index in [1.807, 2.05) is 0 Å². The van der Waals surface area contributed by atoms with Crippen LogP contribution in [-0.4, -0.2) is 48.8 Å². The Kier molecular flexibility index (Phi) is 6.80. The van der Waals surface area contributed by atoms with Gasteiger partial charge in [0.15, 0.2) is 0 Å². The lowest BCUT2D eigenvalue weighted by molar-refractivity contribution is 0.102. The van der Waals surface area contributed by atoms with Crippen molar-refractivity contribution in [2.75, 3.05) is 26.4 Å². The molecule has 2 heterocycles. The van der Waals surface area contributed by atoms with Crippen molar-refractivity contribution in [2.45, 2.75) is 57.7 Å². The molecule has 1 saturated carbocycles. The summed E-state index contributed by atoms with van der Waals surface area (Å²) in [4.78, 5) is 0. The van der Waals surface area contributed by atoms with Crippen molar-refractivity contribution in [3.05, 3.63) is 59.7 Å². The fourth-order valence-electron chi connectivity index (χ4n) is 5.40. The second-order valence-corrected chi connectivity index (χ2v) is 10.5. The number of rotatable bonds is 6. The smallest absolute Gasteiger partial charge is 0.115 e. The van der Waals surface area contributed by atoms with Crippen LogP contribution in [-0.2, 0) is 19.6 Å². The molecule has 5 heteroatoms. The second-order valence-electron chi connectivity index (χ2n) is 10.5. The summed E-state index contributed by atoms with van der Waals surface area (Å²) < 4.78 is 15.1. The maximum Gasteiger partial charge on any atom is 0.115 e. The van der Waals surface area contributed by atoms with E-state index >= 15 is 0 Å². The van der Waals surface area contributed by atoms with Crippen LogP contribution >= 0.6 is 0 Å². The number of epoxide rings is 2. The molecule has 174 valence electrons. The first-order valence-electron chi connectivity index (χ1n) is 11.7. The molecule has 0 bridgehead atoms.